The lowest BCUT2D eigenvalue weighted by atomic mass is 9.99. The summed E-state index contributed by atoms with van der Waals surface area (Å²) < 4.78 is 0. The summed E-state index contributed by atoms with van der Waals surface area (Å²) in [7, 11) is 6.43. The van der Waals surface area contributed by atoms with Crippen LogP contribution in [0.3, 0.4) is 0 Å². The van der Waals surface area contributed by atoms with Crippen molar-refractivity contribution in [3.8, 4) is 44.5 Å². The molecule has 23 rings (SSSR count). The molecule has 0 saturated carbocycles. The zero-order valence-electron chi connectivity index (χ0n) is 74.4. The number of fused-ring (bicyclic) bond motifs is 7. The molecule has 0 N–H and O–H groups in total. The molecule has 0 atom stereocenters. The molecule has 0 aliphatic carbocycles. The first-order chi connectivity index (χ1) is 65.7. The van der Waals surface area contributed by atoms with Crippen LogP contribution in [0.5, 0.6) is 0 Å². The predicted molar refractivity (Wildman–Crippen MR) is 571 cm³/mol. The standard InChI is InChI=1S/2C43H32N2.C41H32N2/c1-44(43-40-19-9-6-13-34(40)30-35-14-7-10-20-41(35)43)36-26-22-31(23-27-36)32-24-28-38(29-25-32)45(37-16-3-2-4-17-37)42-21-11-15-33-12-5-8-18-39(33)42;1-44(41-27-22-36-28-34-11-5-6-12-35(34)29-37(36)30-41)38-23-18-31(19-24-38)32-20-25-40(26-21-32)45(39-14-3-2-4-15-39)43-17-9-13-33-10-7-8-16-42(33)43;1-42(39-19-10-16-35(30-39)31-12-4-2-5-13-31)36-26-22-32(23-27-36)33-24-28-38(29-25-33)43(37-17-6-3-7-18-37)41-21-11-15-34-14-8-9-20-40(34)41/h2*2-30H,1H3;2-30H,1H3. The second kappa shape index (κ2) is 37.5. The monoisotopic (exact) mass is 1700 g/mol. The fourth-order valence-corrected chi connectivity index (χ4v) is 18.7. The van der Waals surface area contributed by atoms with Gasteiger partial charge in [-0.25, -0.2) is 0 Å². The van der Waals surface area contributed by atoms with Gasteiger partial charge in [0.2, 0.25) is 0 Å². The van der Waals surface area contributed by atoms with E-state index in [4.69, 9.17) is 0 Å². The number of rotatable bonds is 19. The molecule has 23 aromatic carbocycles. The zero-order chi connectivity index (χ0) is 89.3. The van der Waals surface area contributed by atoms with Crippen molar-refractivity contribution in [1.29, 1.82) is 0 Å². The Hall–Kier alpha value is -17.3. The Morgan fingerprint density at radius 1 is 0.120 bits per heavy atom. The molecule has 0 saturated heterocycles. The quantitative estimate of drug-likeness (QED) is 0.0746. The molecule has 0 radical (unpaired) electrons. The number of hydrogen-bond acceptors (Lipinski definition) is 6. The number of para-hydroxylation sites is 3. The molecule has 0 fully saturated rings. The third kappa shape index (κ3) is 17.4. The molecule has 0 heterocycles. The Kier molecular flexibility index (Phi) is 23.3. The van der Waals surface area contributed by atoms with Gasteiger partial charge in [0, 0.05) is 111 Å². The van der Waals surface area contributed by atoms with Crippen molar-refractivity contribution in [3.63, 3.8) is 0 Å². The molecule has 0 aromatic heterocycles. The van der Waals surface area contributed by atoms with Gasteiger partial charge < -0.3 is 29.4 Å². The molecule has 6 heteroatoms. The predicted octanol–water partition coefficient (Wildman–Crippen LogP) is 35.5. The molecule has 133 heavy (non-hydrogen) atoms. The number of anilines is 15. The van der Waals surface area contributed by atoms with Crippen LogP contribution in [0.1, 0.15) is 0 Å². The van der Waals surface area contributed by atoms with Gasteiger partial charge in [-0.05, 0) is 263 Å². The van der Waals surface area contributed by atoms with Crippen LogP contribution in [0.4, 0.5) is 85.3 Å². The first kappa shape index (κ1) is 82.6. The lowest BCUT2D eigenvalue weighted by Gasteiger charge is -2.27. The van der Waals surface area contributed by atoms with E-state index < -0.39 is 0 Å². The number of benzene rings is 23. The van der Waals surface area contributed by atoms with E-state index in [1.165, 1.54) is 148 Å². The van der Waals surface area contributed by atoms with Gasteiger partial charge in [0.1, 0.15) is 0 Å². The zero-order valence-corrected chi connectivity index (χ0v) is 74.4. The van der Waals surface area contributed by atoms with Crippen LogP contribution in [0, 0.1) is 0 Å². The van der Waals surface area contributed by atoms with Gasteiger partial charge in [0.15, 0.2) is 0 Å². The van der Waals surface area contributed by atoms with Crippen LogP contribution in [-0.4, -0.2) is 21.1 Å². The second-order valence-corrected chi connectivity index (χ2v) is 33.8. The van der Waals surface area contributed by atoms with Gasteiger partial charge in [0.25, 0.3) is 0 Å². The third-order valence-corrected chi connectivity index (χ3v) is 25.7. The van der Waals surface area contributed by atoms with Gasteiger partial charge in [-0.3, -0.25) is 0 Å². The van der Waals surface area contributed by atoms with Crippen molar-refractivity contribution in [2.24, 2.45) is 0 Å². The van der Waals surface area contributed by atoms with Gasteiger partial charge in [0.05, 0.1) is 22.7 Å². The lowest BCUT2D eigenvalue weighted by Crippen LogP contribution is -2.10. The summed E-state index contributed by atoms with van der Waals surface area (Å²) in [6.45, 7) is 0. The molecule has 6 nitrogen and oxygen atoms in total. The Morgan fingerprint density at radius 2 is 0.346 bits per heavy atom. The molecular formula is C127H96N6. The van der Waals surface area contributed by atoms with E-state index in [-0.39, 0.29) is 0 Å². The van der Waals surface area contributed by atoms with Crippen molar-refractivity contribution in [2.45, 2.75) is 0 Å². The van der Waals surface area contributed by atoms with Crippen LogP contribution in [0.2, 0.25) is 0 Å². The van der Waals surface area contributed by atoms with Crippen molar-refractivity contribution >= 4 is 161 Å². The molecule has 0 spiro atoms. The topological polar surface area (TPSA) is 19.4 Å². The molecule has 0 aliphatic heterocycles. The Balaban J connectivity index is 0.000000120. The first-order valence-corrected chi connectivity index (χ1v) is 45.5. The van der Waals surface area contributed by atoms with Crippen LogP contribution >= 0.6 is 0 Å². The van der Waals surface area contributed by atoms with E-state index in [1.807, 2.05) is 0 Å². The van der Waals surface area contributed by atoms with E-state index in [2.05, 4.69) is 578 Å². The fourth-order valence-electron chi connectivity index (χ4n) is 18.7. The first-order valence-electron chi connectivity index (χ1n) is 45.5. The van der Waals surface area contributed by atoms with E-state index >= 15 is 0 Å². The third-order valence-electron chi connectivity index (χ3n) is 25.7. The highest BCUT2D eigenvalue weighted by molar-refractivity contribution is 6.13. The Morgan fingerprint density at radius 3 is 0.714 bits per heavy atom. The van der Waals surface area contributed by atoms with Crippen LogP contribution < -0.4 is 29.4 Å². The van der Waals surface area contributed by atoms with Crippen molar-refractivity contribution in [3.05, 3.63) is 528 Å². The van der Waals surface area contributed by atoms with Gasteiger partial charge in [-0.1, -0.05) is 358 Å². The minimum Gasteiger partial charge on any atom is -0.345 e. The maximum absolute atomic E-state index is 2.35. The highest BCUT2D eigenvalue weighted by atomic mass is 15.2. The maximum Gasteiger partial charge on any atom is 0.0567 e. The van der Waals surface area contributed by atoms with Gasteiger partial charge in [-0.15, -0.1) is 0 Å². The Bertz CT molecular complexity index is 7940. The normalized spacial score (nSPS) is 11.1. The van der Waals surface area contributed by atoms with E-state index in [0.29, 0.717) is 0 Å². The molecule has 0 amide bonds. The minimum atomic E-state index is 1.13. The highest BCUT2D eigenvalue weighted by Crippen LogP contribution is 2.46. The second-order valence-electron chi connectivity index (χ2n) is 33.8. The van der Waals surface area contributed by atoms with E-state index in [1.54, 1.807) is 0 Å². The van der Waals surface area contributed by atoms with Gasteiger partial charge >= 0.3 is 0 Å². The van der Waals surface area contributed by atoms with Crippen LogP contribution in [-0.2, 0) is 0 Å². The largest absolute Gasteiger partial charge is 0.345 e. The number of hydrogen-bond donors (Lipinski definition) is 0. The van der Waals surface area contributed by atoms with Crippen LogP contribution in [0.25, 0.3) is 120 Å². The summed E-state index contributed by atoms with van der Waals surface area (Å²) in [6, 6.07) is 189. The van der Waals surface area contributed by atoms with Gasteiger partial charge in [-0.2, -0.15) is 0 Å². The van der Waals surface area contributed by atoms with Crippen molar-refractivity contribution in [2.75, 3.05) is 50.5 Å². The van der Waals surface area contributed by atoms with E-state index in [0.717, 1.165) is 56.9 Å². The molecule has 0 bridgehead atoms. The van der Waals surface area contributed by atoms with E-state index in [9.17, 15) is 0 Å². The molecule has 0 unspecified atom stereocenters. The SMILES string of the molecule is CN(c1ccc(-c2ccc(N(c3ccccc3)c3cccc4ccccc34)cc2)cc1)c1c2ccccc2cc2ccccc12.CN(c1ccc(-c2ccc(N(c3ccccc3)c3cccc4ccccc34)cc2)cc1)c1ccc2cc3ccccc3cc2c1.CN(c1ccc(-c2ccc(N(c3ccccc3)c3cccc4ccccc34)cc2)cc1)c1cccc(-c2ccccc2)c1. The summed E-state index contributed by atoms with van der Waals surface area (Å²) in [5.41, 5.74) is 26.9. The summed E-state index contributed by atoms with van der Waals surface area (Å²) in [4.78, 5) is 13.8. The molecule has 23 aromatic rings. The highest BCUT2D eigenvalue weighted by Gasteiger charge is 2.22. The molecule has 0 aliphatic rings. The molecular weight excluding hydrogens is 1610 g/mol. The fraction of sp³-hybridized carbons (Fsp3) is 0.0236. The molecule has 634 valence electrons. The van der Waals surface area contributed by atoms with Crippen molar-refractivity contribution in [1.82, 2.24) is 0 Å². The minimum absolute atomic E-state index is 1.13. The average molecular weight is 1710 g/mol. The number of nitrogens with zero attached hydrogens (tertiary/aromatic N) is 6. The summed E-state index contributed by atoms with van der Waals surface area (Å²) in [6.07, 6.45) is 0. The van der Waals surface area contributed by atoms with Crippen molar-refractivity contribution < 1.29 is 0 Å². The summed E-state index contributed by atoms with van der Waals surface area (Å²) in [5, 5.41) is 17.5. The summed E-state index contributed by atoms with van der Waals surface area (Å²) >= 11 is 0. The van der Waals surface area contributed by atoms with Crippen LogP contribution in [0.15, 0.2) is 528 Å². The maximum atomic E-state index is 2.35. The summed E-state index contributed by atoms with van der Waals surface area (Å²) in [5.74, 6) is 0. The average Bonchev–Trinajstić information content (AvgIpc) is 0.759. The lowest BCUT2D eigenvalue weighted by molar-refractivity contribution is 1.21. The smallest absolute Gasteiger partial charge is 0.0567 e. The Labute approximate surface area is 778 Å².